The van der Waals surface area contributed by atoms with Gasteiger partial charge in [-0.15, -0.1) is 0 Å². The third-order valence-electron chi connectivity index (χ3n) is 2.41. The molecular weight excluding hydrogens is 280 g/mol. The molecule has 0 saturated carbocycles. The minimum atomic E-state index is 0.454. The second-order valence-electron chi connectivity index (χ2n) is 3.84. The Bertz CT molecular complexity index is 531. The van der Waals surface area contributed by atoms with Crippen molar-refractivity contribution in [3.8, 4) is 0 Å². The van der Waals surface area contributed by atoms with Crippen molar-refractivity contribution in [1.82, 2.24) is 9.97 Å². The molecule has 0 spiro atoms. The summed E-state index contributed by atoms with van der Waals surface area (Å²) in [6.07, 6.45) is 1.63. The van der Waals surface area contributed by atoms with Crippen LogP contribution in [0.4, 0.5) is 17.5 Å². The summed E-state index contributed by atoms with van der Waals surface area (Å²) < 4.78 is 1.06. The number of hydrogen-bond acceptors (Lipinski definition) is 4. The van der Waals surface area contributed by atoms with Crippen LogP contribution in [-0.2, 0) is 0 Å². The van der Waals surface area contributed by atoms with Crippen LogP contribution >= 0.6 is 15.9 Å². The molecule has 1 aromatic heterocycles. The first kappa shape index (κ1) is 11.9. The van der Waals surface area contributed by atoms with E-state index in [0.717, 1.165) is 21.3 Å². The van der Waals surface area contributed by atoms with Crippen molar-refractivity contribution >= 4 is 33.4 Å². The smallest absolute Gasteiger partial charge is 0.229 e. The summed E-state index contributed by atoms with van der Waals surface area (Å²) in [7, 11) is 0. The van der Waals surface area contributed by atoms with Gasteiger partial charge in [0, 0.05) is 16.4 Å². The van der Waals surface area contributed by atoms with Crippen LogP contribution in [0.15, 0.2) is 28.9 Å². The molecule has 0 radical (unpaired) electrons. The molecule has 1 heterocycles. The fourth-order valence-corrected chi connectivity index (χ4v) is 2.34. The van der Waals surface area contributed by atoms with Crippen molar-refractivity contribution < 1.29 is 0 Å². The van der Waals surface area contributed by atoms with E-state index in [2.05, 4.69) is 31.2 Å². The van der Waals surface area contributed by atoms with Crippen molar-refractivity contribution in [2.24, 2.45) is 0 Å². The lowest BCUT2D eigenvalue weighted by Gasteiger charge is -2.12. The van der Waals surface area contributed by atoms with Gasteiger partial charge in [0.1, 0.15) is 5.82 Å². The van der Waals surface area contributed by atoms with Crippen LogP contribution in [0.5, 0.6) is 0 Å². The van der Waals surface area contributed by atoms with Crippen LogP contribution in [-0.4, -0.2) is 9.97 Å². The zero-order chi connectivity index (χ0) is 12.4. The van der Waals surface area contributed by atoms with Gasteiger partial charge in [-0.2, -0.15) is 4.98 Å². The first-order valence-corrected chi connectivity index (χ1v) is 5.98. The maximum Gasteiger partial charge on any atom is 0.229 e. The molecule has 0 atom stereocenters. The molecule has 2 aromatic rings. The van der Waals surface area contributed by atoms with Crippen molar-refractivity contribution in [3.05, 3.63) is 40.0 Å². The largest absolute Gasteiger partial charge is 0.384 e. The number of nitrogens with one attached hydrogen (secondary N) is 1. The van der Waals surface area contributed by atoms with Crippen LogP contribution in [0.25, 0.3) is 0 Å². The first-order valence-electron chi connectivity index (χ1n) is 5.18. The fraction of sp³-hybridized carbons (Fsp3) is 0.167. The number of nitrogens with zero attached hydrogens (tertiary/aromatic N) is 2. The minimum absolute atomic E-state index is 0.454. The van der Waals surface area contributed by atoms with Gasteiger partial charge in [0.05, 0.1) is 0 Å². The lowest BCUT2D eigenvalue weighted by atomic mass is 10.1. The molecule has 0 aliphatic heterocycles. The number of aryl methyl sites for hydroxylation is 2. The maximum atomic E-state index is 5.61. The highest BCUT2D eigenvalue weighted by molar-refractivity contribution is 9.10. The monoisotopic (exact) mass is 292 g/mol. The fourth-order valence-electron chi connectivity index (χ4n) is 1.65. The Morgan fingerprint density at radius 3 is 2.47 bits per heavy atom. The molecular formula is C12H13BrN4. The maximum absolute atomic E-state index is 5.61. The molecule has 17 heavy (non-hydrogen) atoms. The van der Waals surface area contributed by atoms with Gasteiger partial charge in [0.2, 0.25) is 5.95 Å². The Labute approximate surface area is 108 Å². The summed E-state index contributed by atoms with van der Waals surface area (Å²) in [4.78, 5) is 8.24. The Morgan fingerprint density at radius 1 is 1.24 bits per heavy atom. The second kappa shape index (κ2) is 4.71. The Balaban J connectivity index is 2.36. The number of nitrogen functional groups attached to an aromatic ring is 1. The summed E-state index contributed by atoms with van der Waals surface area (Å²) in [6.45, 7) is 4.07. The van der Waals surface area contributed by atoms with Crippen LogP contribution < -0.4 is 11.1 Å². The molecule has 2 rings (SSSR count). The molecule has 0 saturated heterocycles. The predicted molar refractivity (Wildman–Crippen MR) is 73.3 cm³/mol. The molecule has 88 valence electrons. The second-order valence-corrected chi connectivity index (χ2v) is 4.76. The summed E-state index contributed by atoms with van der Waals surface area (Å²) in [5.41, 5.74) is 8.88. The van der Waals surface area contributed by atoms with Crippen molar-refractivity contribution in [1.29, 1.82) is 0 Å². The number of anilines is 3. The molecule has 1 aromatic carbocycles. The van der Waals surface area contributed by atoms with Gasteiger partial charge in [-0.3, -0.25) is 0 Å². The van der Waals surface area contributed by atoms with E-state index in [-0.39, 0.29) is 0 Å². The van der Waals surface area contributed by atoms with Crippen LogP contribution in [0.3, 0.4) is 0 Å². The number of nitrogens with two attached hydrogens (primary N) is 1. The molecule has 0 unspecified atom stereocenters. The van der Waals surface area contributed by atoms with Crippen LogP contribution in [0, 0.1) is 13.8 Å². The highest BCUT2D eigenvalue weighted by Gasteiger charge is 2.06. The highest BCUT2D eigenvalue weighted by Crippen LogP contribution is 2.26. The average Bonchev–Trinajstić information content (AvgIpc) is 2.23. The number of aromatic nitrogens is 2. The normalized spacial score (nSPS) is 10.3. The molecule has 0 fully saturated rings. The number of rotatable bonds is 2. The van der Waals surface area contributed by atoms with Gasteiger partial charge in [-0.25, -0.2) is 4.98 Å². The zero-order valence-corrected chi connectivity index (χ0v) is 11.2. The van der Waals surface area contributed by atoms with E-state index in [1.54, 1.807) is 12.3 Å². The van der Waals surface area contributed by atoms with E-state index >= 15 is 0 Å². The third kappa shape index (κ3) is 2.74. The van der Waals surface area contributed by atoms with Gasteiger partial charge >= 0.3 is 0 Å². The summed E-state index contributed by atoms with van der Waals surface area (Å²) in [5, 5.41) is 3.19. The van der Waals surface area contributed by atoms with E-state index in [0.29, 0.717) is 11.8 Å². The van der Waals surface area contributed by atoms with Crippen molar-refractivity contribution in [2.45, 2.75) is 13.8 Å². The van der Waals surface area contributed by atoms with Gasteiger partial charge in [-0.1, -0.05) is 15.9 Å². The molecule has 0 bridgehead atoms. The number of benzene rings is 1. The Morgan fingerprint density at radius 2 is 1.88 bits per heavy atom. The molecule has 5 heteroatoms. The number of halogens is 1. The van der Waals surface area contributed by atoms with E-state index in [4.69, 9.17) is 5.73 Å². The lowest BCUT2D eigenvalue weighted by molar-refractivity contribution is 1.16. The van der Waals surface area contributed by atoms with Gasteiger partial charge < -0.3 is 11.1 Å². The predicted octanol–water partition coefficient (Wildman–Crippen LogP) is 3.18. The third-order valence-corrected chi connectivity index (χ3v) is 2.87. The van der Waals surface area contributed by atoms with E-state index in [1.807, 2.05) is 26.0 Å². The van der Waals surface area contributed by atoms with Crippen LogP contribution in [0.2, 0.25) is 0 Å². The zero-order valence-electron chi connectivity index (χ0n) is 9.66. The van der Waals surface area contributed by atoms with Gasteiger partial charge in [0.25, 0.3) is 0 Å². The molecule has 0 amide bonds. The molecule has 3 N–H and O–H groups in total. The molecule has 0 aliphatic rings. The molecule has 0 aliphatic carbocycles. The summed E-state index contributed by atoms with van der Waals surface area (Å²) in [6, 6.07) is 5.75. The Kier molecular flexibility index (Phi) is 3.28. The van der Waals surface area contributed by atoms with E-state index < -0.39 is 0 Å². The molecule has 4 nitrogen and oxygen atoms in total. The van der Waals surface area contributed by atoms with Gasteiger partial charge in [0.15, 0.2) is 0 Å². The summed E-state index contributed by atoms with van der Waals surface area (Å²) >= 11 is 3.47. The quantitative estimate of drug-likeness (QED) is 0.892. The standard InChI is InChI=1S/C12H13BrN4/c1-7-5-9(13)6-8(2)11(7)17-12-15-4-3-10(14)16-12/h3-6H,1-2H3,(H3,14,15,16,17). The van der Waals surface area contributed by atoms with E-state index in [1.165, 1.54) is 0 Å². The SMILES string of the molecule is Cc1cc(Br)cc(C)c1Nc1nccc(N)n1. The highest BCUT2D eigenvalue weighted by atomic mass is 79.9. The topological polar surface area (TPSA) is 63.8 Å². The Hall–Kier alpha value is -1.62. The minimum Gasteiger partial charge on any atom is -0.384 e. The van der Waals surface area contributed by atoms with Crippen molar-refractivity contribution in [3.63, 3.8) is 0 Å². The lowest BCUT2D eigenvalue weighted by Crippen LogP contribution is -2.02. The summed E-state index contributed by atoms with van der Waals surface area (Å²) in [5.74, 6) is 0.966. The van der Waals surface area contributed by atoms with E-state index in [9.17, 15) is 0 Å². The average molecular weight is 293 g/mol. The van der Waals surface area contributed by atoms with Gasteiger partial charge in [-0.05, 0) is 43.2 Å². The number of hydrogen-bond donors (Lipinski definition) is 2. The first-order chi connectivity index (χ1) is 8.06. The van der Waals surface area contributed by atoms with Crippen molar-refractivity contribution in [2.75, 3.05) is 11.1 Å². The van der Waals surface area contributed by atoms with Crippen LogP contribution in [0.1, 0.15) is 11.1 Å².